The number of carboxylic acid groups (broad SMARTS) is 1. The molecule has 6 rings (SSSR count). The van der Waals surface area contributed by atoms with E-state index in [4.69, 9.17) is 4.74 Å². The van der Waals surface area contributed by atoms with Gasteiger partial charge in [0.2, 0.25) is 0 Å². The van der Waals surface area contributed by atoms with Gasteiger partial charge in [-0.3, -0.25) is 9.10 Å². The number of carboxylic acids is 1. The number of aromatic carboxylic acids is 1. The van der Waals surface area contributed by atoms with Gasteiger partial charge in [0.25, 0.3) is 5.91 Å². The molecule has 0 spiro atoms. The van der Waals surface area contributed by atoms with Crippen LogP contribution in [-0.2, 0) is 11.3 Å². The zero-order valence-corrected chi connectivity index (χ0v) is 30.4. The Balaban J connectivity index is 0.000000776. The lowest BCUT2D eigenvalue weighted by molar-refractivity contribution is -0.130. The van der Waals surface area contributed by atoms with E-state index in [1.54, 1.807) is 23.5 Å². The highest BCUT2D eigenvalue weighted by atomic mass is 32.1. The molecule has 8 nitrogen and oxygen atoms in total. The molecule has 2 fully saturated rings. The predicted molar refractivity (Wildman–Crippen MR) is 197 cm³/mol. The number of ether oxygens (including phenoxy) is 1. The van der Waals surface area contributed by atoms with Gasteiger partial charge in [0.1, 0.15) is 5.75 Å². The van der Waals surface area contributed by atoms with Crippen molar-refractivity contribution in [3.63, 3.8) is 0 Å². The summed E-state index contributed by atoms with van der Waals surface area (Å²) in [5, 5.41) is 11.0. The number of hydrogen-bond donors (Lipinski definition) is 2. The molecule has 1 saturated carbocycles. The normalized spacial score (nSPS) is 19.2. The third kappa shape index (κ3) is 8.07. The second-order valence-electron chi connectivity index (χ2n) is 13.2. The summed E-state index contributed by atoms with van der Waals surface area (Å²) in [6, 6.07) is 12.0. The predicted octanol–water partition coefficient (Wildman–Crippen LogP) is 7.82. The first-order valence-corrected chi connectivity index (χ1v) is 17.5. The number of carbonyl (C=O) groups is 2. The van der Waals surface area contributed by atoms with Gasteiger partial charge in [-0.15, -0.1) is 0 Å². The Hall–Kier alpha value is -3.27. The van der Waals surface area contributed by atoms with Gasteiger partial charge in [0.05, 0.1) is 24.9 Å². The van der Waals surface area contributed by atoms with Crippen molar-refractivity contribution in [2.24, 2.45) is 0 Å². The summed E-state index contributed by atoms with van der Waals surface area (Å²) >= 11 is 3.80. The Morgan fingerprint density at radius 2 is 1.66 bits per heavy atom. The van der Waals surface area contributed by atoms with Crippen molar-refractivity contribution in [2.45, 2.75) is 90.3 Å². The average molecular weight is 663 g/mol. The molecular weight excluding hydrogens is 609 g/mol. The Bertz CT molecular complexity index is 1590. The number of likely N-dealkylation sites (tertiary alicyclic amines) is 1. The van der Waals surface area contributed by atoms with Gasteiger partial charge in [-0.1, -0.05) is 52.0 Å². The molecular formula is C38H54N4O4S. The highest BCUT2D eigenvalue weighted by Crippen LogP contribution is 2.47. The van der Waals surface area contributed by atoms with Crippen molar-refractivity contribution in [2.75, 3.05) is 41.8 Å². The lowest BCUT2D eigenvalue weighted by atomic mass is 9.81. The molecule has 3 aromatic rings. The van der Waals surface area contributed by atoms with Gasteiger partial charge in [0.15, 0.2) is 0 Å². The van der Waals surface area contributed by atoms with Gasteiger partial charge in [-0.2, -0.15) is 0 Å². The van der Waals surface area contributed by atoms with Crippen molar-refractivity contribution >= 4 is 41.7 Å². The van der Waals surface area contributed by atoms with E-state index in [1.165, 1.54) is 24.8 Å². The number of benzene rings is 2. The maximum absolute atomic E-state index is 14.4. The number of likely N-dealkylation sites (N-methyl/N-ethyl adjacent to an activating group) is 1. The molecule has 3 heterocycles. The summed E-state index contributed by atoms with van der Waals surface area (Å²) in [4.78, 5) is 30.8. The van der Waals surface area contributed by atoms with Gasteiger partial charge in [-0.05, 0) is 114 Å². The van der Waals surface area contributed by atoms with E-state index < -0.39 is 5.97 Å². The van der Waals surface area contributed by atoms with E-state index in [2.05, 4.69) is 60.3 Å². The third-order valence-electron chi connectivity index (χ3n) is 9.41. The van der Waals surface area contributed by atoms with Crippen LogP contribution in [0.25, 0.3) is 28.2 Å². The average Bonchev–Trinajstić information content (AvgIpc) is 3.51. The van der Waals surface area contributed by atoms with Gasteiger partial charge >= 0.3 is 5.97 Å². The van der Waals surface area contributed by atoms with Crippen LogP contribution in [0.3, 0.4) is 0 Å². The molecule has 9 heteroatoms. The fourth-order valence-corrected chi connectivity index (χ4v) is 7.51. The summed E-state index contributed by atoms with van der Waals surface area (Å²) in [5.74, 6) is 0.279. The molecule has 47 heavy (non-hydrogen) atoms. The van der Waals surface area contributed by atoms with Crippen LogP contribution in [0.2, 0.25) is 0 Å². The number of nitrogens with zero attached hydrogens (tertiary/aromatic N) is 4. The Kier molecular flexibility index (Phi) is 12.6. The molecule has 1 N–H and O–H groups in total. The van der Waals surface area contributed by atoms with Gasteiger partial charge in [-0.25, -0.2) is 4.79 Å². The number of hydrogen-bond acceptors (Lipinski definition) is 6. The van der Waals surface area contributed by atoms with Crippen LogP contribution in [0, 0.1) is 0 Å². The molecule has 0 bridgehead atoms. The van der Waals surface area contributed by atoms with Crippen LogP contribution in [0.4, 0.5) is 0 Å². The van der Waals surface area contributed by atoms with Crippen molar-refractivity contribution in [1.82, 2.24) is 18.7 Å². The van der Waals surface area contributed by atoms with E-state index in [1.807, 2.05) is 46.1 Å². The van der Waals surface area contributed by atoms with E-state index in [9.17, 15) is 14.7 Å². The van der Waals surface area contributed by atoms with Gasteiger partial charge in [0, 0.05) is 40.7 Å². The molecule has 256 valence electrons. The van der Waals surface area contributed by atoms with Crippen molar-refractivity contribution in [1.29, 1.82) is 0 Å². The highest BCUT2D eigenvalue weighted by Gasteiger charge is 2.37. The second kappa shape index (κ2) is 16.2. The fourth-order valence-electron chi connectivity index (χ4n) is 7.51. The van der Waals surface area contributed by atoms with Crippen LogP contribution in [0.15, 0.2) is 42.0 Å². The quantitative estimate of drug-likeness (QED) is 0.262. The summed E-state index contributed by atoms with van der Waals surface area (Å²) in [7, 11) is 9.52. The highest BCUT2D eigenvalue weighted by molar-refractivity contribution is 7.77. The van der Waals surface area contributed by atoms with E-state index >= 15 is 0 Å². The number of thiol groups is 1. The number of carbonyl (C=O) groups excluding carboxylic acids is 1. The van der Waals surface area contributed by atoms with E-state index in [0.717, 1.165) is 71.3 Å². The molecule has 2 aromatic carbocycles. The Morgan fingerprint density at radius 1 is 0.979 bits per heavy atom. The standard InChI is InChI=1S/C34H41N3O4.C2H7NS.C2H6/c1-21-10-12-26(20-35(2)3)37(21)33(38)25-16-24-17-27(41-4)13-15-28(24)32-31(22-8-6-5-7-9-22)29-14-11-23(34(39)40)18-30(29)36(32)19-25;1-3(2)4;1-2/h11,13-18,21-22,26H,5-10,12,19-20H2,1-4H3,(H,39,40);4H,1-2H3;1-2H3. The largest absolute Gasteiger partial charge is 0.497 e. The monoisotopic (exact) mass is 662 g/mol. The van der Waals surface area contributed by atoms with Crippen LogP contribution in [0.1, 0.15) is 93.1 Å². The minimum Gasteiger partial charge on any atom is -0.497 e. The maximum atomic E-state index is 14.4. The summed E-state index contributed by atoms with van der Waals surface area (Å²) < 4.78 is 9.55. The van der Waals surface area contributed by atoms with Crippen molar-refractivity contribution in [3.8, 4) is 17.0 Å². The minimum absolute atomic E-state index is 0.0684. The molecule has 1 aliphatic carbocycles. The first-order valence-electron chi connectivity index (χ1n) is 17.1. The zero-order valence-electron chi connectivity index (χ0n) is 29.5. The molecule has 0 radical (unpaired) electrons. The first-order chi connectivity index (χ1) is 22.5. The smallest absolute Gasteiger partial charge is 0.335 e. The van der Waals surface area contributed by atoms with Gasteiger partial charge < -0.3 is 24.2 Å². The number of methoxy groups -OCH3 is 1. The lowest BCUT2D eigenvalue weighted by Crippen LogP contribution is -2.45. The van der Waals surface area contributed by atoms with Crippen LogP contribution < -0.4 is 4.74 Å². The molecule has 2 unspecified atom stereocenters. The van der Waals surface area contributed by atoms with E-state index in [-0.39, 0.29) is 23.6 Å². The summed E-state index contributed by atoms with van der Waals surface area (Å²) in [6.45, 7) is 7.38. The number of fused-ring (bicyclic) bond motifs is 5. The van der Waals surface area contributed by atoms with Crippen LogP contribution in [-0.4, -0.2) is 89.6 Å². The van der Waals surface area contributed by atoms with E-state index in [0.29, 0.717) is 12.5 Å². The van der Waals surface area contributed by atoms with Crippen molar-refractivity contribution in [3.05, 3.63) is 58.7 Å². The number of aromatic nitrogens is 1. The topological polar surface area (TPSA) is 78.2 Å². The molecule has 1 amide bonds. The molecule has 2 atom stereocenters. The minimum atomic E-state index is -0.940. The number of rotatable bonds is 6. The fraction of sp³-hybridized carbons (Fsp3) is 0.526. The third-order valence-corrected chi connectivity index (χ3v) is 9.41. The molecule has 2 aliphatic heterocycles. The maximum Gasteiger partial charge on any atom is 0.335 e. The molecule has 3 aliphatic rings. The Morgan fingerprint density at radius 3 is 2.28 bits per heavy atom. The Labute approximate surface area is 286 Å². The molecule has 1 saturated heterocycles. The second-order valence-corrected chi connectivity index (χ2v) is 14.0. The first kappa shape index (κ1) is 36.6. The summed E-state index contributed by atoms with van der Waals surface area (Å²) in [5.41, 5.74) is 6.34. The lowest BCUT2D eigenvalue weighted by Gasteiger charge is -2.31. The van der Waals surface area contributed by atoms with Crippen molar-refractivity contribution < 1.29 is 19.4 Å². The molecule has 1 aromatic heterocycles. The van der Waals surface area contributed by atoms with Crippen LogP contribution >= 0.6 is 12.8 Å². The summed E-state index contributed by atoms with van der Waals surface area (Å²) in [6.07, 6.45) is 9.93. The van der Waals surface area contributed by atoms with Crippen LogP contribution in [0.5, 0.6) is 5.75 Å². The zero-order chi connectivity index (χ0) is 34.4. The number of amides is 1. The SMILES string of the molecule is CC.CN(C)S.COc1ccc2c(c1)C=C(C(=O)N1C(C)CCC1CN(C)C)Cn1c-2c(C2CCCCC2)c2ccc(C(=O)O)cc21.